The number of rotatable bonds is 2. The van der Waals surface area contributed by atoms with Gasteiger partial charge in [-0.25, -0.2) is 4.98 Å². The topological polar surface area (TPSA) is 35.9 Å². The summed E-state index contributed by atoms with van der Waals surface area (Å²) in [6.45, 7) is 0. The third-order valence-electron chi connectivity index (χ3n) is 7.64. The fraction of sp³-hybridized carbons (Fsp3) is 0. The number of benzene rings is 5. The zero-order valence-electron chi connectivity index (χ0n) is 24.6. The summed E-state index contributed by atoms with van der Waals surface area (Å²) in [7, 11) is 0. The van der Waals surface area contributed by atoms with Crippen LogP contribution in [0.15, 0.2) is 132 Å². The molecule has 4 heteroatoms. The Bertz CT molecular complexity index is 2520. The van der Waals surface area contributed by atoms with Crippen LogP contribution in [-0.4, -0.2) is 14.1 Å². The smallest absolute Gasteiger partial charge is 0.181 e. The molecule has 4 heterocycles. The van der Waals surface area contributed by atoms with Gasteiger partial charge in [-0.1, -0.05) is 72.8 Å². The van der Waals surface area contributed by atoms with E-state index >= 15 is 0 Å². The number of para-hydroxylation sites is 4. The van der Waals surface area contributed by atoms with Gasteiger partial charge >= 0.3 is 0 Å². The molecule has 0 aliphatic carbocycles. The van der Waals surface area contributed by atoms with Gasteiger partial charge in [-0.05, 0) is 48.4 Å². The van der Waals surface area contributed by atoms with E-state index in [1.165, 1.54) is 6.20 Å². The fourth-order valence-electron chi connectivity index (χ4n) is 6.00. The summed E-state index contributed by atoms with van der Waals surface area (Å²) in [5.41, 5.74) is 4.26. The summed E-state index contributed by atoms with van der Waals surface area (Å²) in [5.74, 6) is 0.475. The summed E-state index contributed by atoms with van der Waals surface area (Å²) in [6, 6.07) is 31.8. The van der Waals surface area contributed by atoms with Gasteiger partial charge in [-0.15, -0.1) is 0 Å². The standard InChI is InChI=1S/C35H21N3O/c1-5-13-29-23(9-1)24-10-2-6-14-30(24)37(29)22-17-18-33-28(21-22)27-19-20-36-35(34(27)39-33)38-31-15-7-3-11-25(31)26-12-4-8-16-32(26)38/h1-21H/i17D,18D,19D,21D. The Hall–Kier alpha value is -5.35. The van der Waals surface area contributed by atoms with Crippen molar-refractivity contribution in [2.24, 2.45) is 0 Å². The number of hydrogen-bond acceptors (Lipinski definition) is 2. The zero-order valence-corrected chi connectivity index (χ0v) is 20.6. The lowest BCUT2D eigenvalue weighted by Gasteiger charge is -2.08. The maximum absolute atomic E-state index is 9.51. The lowest BCUT2D eigenvalue weighted by atomic mass is 10.1. The van der Waals surface area contributed by atoms with E-state index < -0.39 is 0 Å². The van der Waals surface area contributed by atoms with Crippen molar-refractivity contribution < 1.29 is 9.90 Å². The Balaban J connectivity index is 1.44. The van der Waals surface area contributed by atoms with Gasteiger partial charge in [0.15, 0.2) is 11.4 Å². The van der Waals surface area contributed by atoms with E-state index in [1.807, 2.05) is 94.1 Å². The molecule has 4 aromatic heterocycles. The van der Waals surface area contributed by atoms with Crippen molar-refractivity contribution in [2.75, 3.05) is 0 Å². The van der Waals surface area contributed by atoms with Gasteiger partial charge in [0, 0.05) is 44.2 Å². The van der Waals surface area contributed by atoms with E-state index in [1.54, 1.807) is 0 Å². The maximum Gasteiger partial charge on any atom is 0.181 e. The van der Waals surface area contributed by atoms with E-state index in [4.69, 9.17) is 8.53 Å². The Morgan fingerprint density at radius 1 is 0.538 bits per heavy atom. The summed E-state index contributed by atoms with van der Waals surface area (Å²) >= 11 is 0. The van der Waals surface area contributed by atoms with E-state index in [-0.39, 0.29) is 35.4 Å². The third kappa shape index (κ3) is 2.75. The average molecular weight is 504 g/mol. The number of aromatic nitrogens is 3. The van der Waals surface area contributed by atoms with Crippen LogP contribution in [0.3, 0.4) is 0 Å². The second kappa shape index (κ2) is 7.59. The molecule has 0 radical (unpaired) electrons. The minimum atomic E-state index is -0.133. The molecule has 0 saturated heterocycles. The Morgan fingerprint density at radius 3 is 1.62 bits per heavy atom. The van der Waals surface area contributed by atoms with Gasteiger partial charge in [0.1, 0.15) is 5.58 Å². The van der Waals surface area contributed by atoms with Crippen LogP contribution >= 0.6 is 0 Å². The maximum atomic E-state index is 9.51. The van der Waals surface area contributed by atoms with Crippen molar-refractivity contribution in [3.63, 3.8) is 0 Å². The first-order chi connectivity index (χ1) is 21.0. The molecule has 9 rings (SSSR count). The number of pyridine rings is 1. The van der Waals surface area contributed by atoms with Gasteiger partial charge in [0.25, 0.3) is 0 Å². The first kappa shape index (κ1) is 17.2. The molecular weight excluding hydrogens is 478 g/mol. The molecule has 9 aromatic rings. The van der Waals surface area contributed by atoms with E-state index in [0.717, 1.165) is 43.6 Å². The van der Waals surface area contributed by atoms with Crippen molar-refractivity contribution in [3.05, 3.63) is 127 Å². The summed E-state index contributed by atoms with van der Waals surface area (Å²) in [6.07, 6.45) is 1.48. The van der Waals surface area contributed by atoms with E-state index in [9.17, 15) is 1.37 Å². The lowest BCUT2D eigenvalue weighted by Crippen LogP contribution is -1.97. The predicted octanol–water partition coefficient (Wildman–Crippen LogP) is 9.18. The zero-order chi connectivity index (χ0) is 29.0. The monoisotopic (exact) mass is 503 g/mol. The minimum Gasteiger partial charge on any atom is -0.452 e. The highest BCUT2D eigenvalue weighted by Crippen LogP contribution is 2.38. The molecule has 0 spiro atoms. The van der Waals surface area contributed by atoms with Crippen LogP contribution in [0.25, 0.3) is 77.1 Å². The van der Waals surface area contributed by atoms with Crippen LogP contribution < -0.4 is 0 Å². The SMILES string of the molecule is [2H]c1c(-n2c3ccccc3c3ccccc32)c([2H])c2c(oc3c(-n4c5ccccc5c5ccccc54)ncc([2H])c32)c1[2H]. The molecule has 0 fully saturated rings. The van der Waals surface area contributed by atoms with Crippen molar-refractivity contribution >= 4 is 65.6 Å². The predicted molar refractivity (Wildman–Crippen MR) is 160 cm³/mol. The van der Waals surface area contributed by atoms with Crippen LogP contribution in [-0.2, 0) is 0 Å². The number of hydrogen-bond donors (Lipinski definition) is 0. The first-order valence-electron chi connectivity index (χ1n) is 14.8. The highest BCUT2D eigenvalue weighted by Gasteiger charge is 2.19. The lowest BCUT2D eigenvalue weighted by molar-refractivity contribution is 0.663. The van der Waals surface area contributed by atoms with Crippen molar-refractivity contribution in [1.82, 2.24) is 14.1 Å². The van der Waals surface area contributed by atoms with Crippen molar-refractivity contribution in [2.45, 2.75) is 0 Å². The van der Waals surface area contributed by atoms with Crippen molar-refractivity contribution in [1.29, 1.82) is 0 Å². The molecule has 182 valence electrons. The third-order valence-corrected chi connectivity index (χ3v) is 7.64. The van der Waals surface area contributed by atoms with Gasteiger partial charge in [0.2, 0.25) is 0 Å². The number of fused-ring (bicyclic) bond motifs is 9. The largest absolute Gasteiger partial charge is 0.452 e. The molecule has 0 unspecified atom stereocenters. The second-order valence-electron chi connectivity index (χ2n) is 9.70. The van der Waals surface area contributed by atoms with Crippen LogP contribution in [0.5, 0.6) is 0 Å². The molecule has 0 aliphatic heterocycles. The van der Waals surface area contributed by atoms with Gasteiger partial charge in [-0.2, -0.15) is 0 Å². The van der Waals surface area contributed by atoms with Crippen LogP contribution in [0, 0.1) is 0 Å². The molecule has 0 aliphatic rings. The summed E-state index contributed by atoms with van der Waals surface area (Å²) < 4.78 is 46.9. The Kier molecular flexibility index (Phi) is 3.35. The molecule has 5 aromatic carbocycles. The first-order valence-corrected chi connectivity index (χ1v) is 12.8. The molecule has 4 nitrogen and oxygen atoms in total. The van der Waals surface area contributed by atoms with Gasteiger partial charge in [-0.3, -0.25) is 4.57 Å². The molecule has 0 N–H and O–H groups in total. The summed E-state index contributed by atoms with van der Waals surface area (Å²) in [4.78, 5) is 4.69. The van der Waals surface area contributed by atoms with Crippen LogP contribution in [0.4, 0.5) is 0 Å². The van der Waals surface area contributed by atoms with E-state index in [0.29, 0.717) is 22.2 Å². The van der Waals surface area contributed by atoms with Crippen molar-refractivity contribution in [3.8, 4) is 11.5 Å². The molecule has 0 saturated carbocycles. The molecule has 0 amide bonds. The molecule has 0 atom stereocenters. The molecule has 0 bridgehead atoms. The van der Waals surface area contributed by atoms with Gasteiger partial charge in [0.05, 0.1) is 27.5 Å². The van der Waals surface area contributed by atoms with Gasteiger partial charge < -0.3 is 8.98 Å². The second-order valence-corrected chi connectivity index (χ2v) is 9.70. The number of nitrogens with zero attached hydrogens (tertiary/aromatic N) is 3. The summed E-state index contributed by atoms with van der Waals surface area (Å²) in [5, 5.41) is 4.86. The molecular formula is C35H21N3O. The average Bonchev–Trinajstić information content (AvgIpc) is 3.71. The normalized spacial score (nSPS) is 13.5. The number of furan rings is 1. The van der Waals surface area contributed by atoms with Crippen LogP contribution in [0.2, 0.25) is 0 Å². The van der Waals surface area contributed by atoms with E-state index in [2.05, 4.69) is 17.1 Å². The fourth-order valence-corrected chi connectivity index (χ4v) is 6.00. The Labute approximate surface area is 228 Å². The molecule has 39 heavy (non-hydrogen) atoms. The quantitative estimate of drug-likeness (QED) is 0.236. The highest BCUT2D eigenvalue weighted by molar-refractivity contribution is 6.13. The van der Waals surface area contributed by atoms with Crippen LogP contribution in [0.1, 0.15) is 5.48 Å². The minimum absolute atomic E-state index is 0.0362. The highest BCUT2D eigenvalue weighted by atomic mass is 16.3. The Morgan fingerprint density at radius 2 is 1.05 bits per heavy atom.